The Labute approximate surface area is 94.5 Å². The third-order valence-corrected chi connectivity index (χ3v) is 3.98. The Bertz CT molecular complexity index is 339. The molecule has 1 aliphatic rings. The van der Waals surface area contributed by atoms with Crippen molar-refractivity contribution in [2.45, 2.75) is 19.3 Å². The molecule has 1 saturated heterocycles. The van der Waals surface area contributed by atoms with Crippen LogP contribution in [0.25, 0.3) is 0 Å². The molecular formula is C12H15NOS. The molecule has 1 fully saturated rings. The average molecular weight is 221 g/mol. The van der Waals surface area contributed by atoms with Gasteiger partial charge >= 0.3 is 0 Å². The highest BCUT2D eigenvalue weighted by molar-refractivity contribution is 8.00. The Hall–Kier alpha value is -0.830. The molecule has 2 nitrogen and oxygen atoms in total. The highest BCUT2D eigenvalue weighted by Gasteiger charge is 2.27. The lowest BCUT2D eigenvalue weighted by molar-refractivity contribution is -0.119. The first-order valence-corrected chi connectivity index (χ1v) is 6.44. The number of carbonyl (C=O) groups excluding carboxylic acids is 1. The minimum atomic E-state index is 0.256. The number of pyridine rings is 1. The van der Waals surface area contributed by atoms with Crippen LogP contribution in [-0.2, 0) is 4.79 Å². The monoisotopic (exact) mass is 221 g/mol. The molecule has 0 radical (unpaired) electrons. The largest absolute Gasteiger partial charge is 0.298 e. The lowest BCUT2D eigenvalue weighted by Gasteiger charge is -2.14. The van der Waals surface area contributed by atoms with E-state index < -0.39 is 0 Å². The van der Waals surface area contributed by atoms with E-state index in [-0.39, 0.29) is 5.92 Å². The lowest BCUT2D eigenvalue weighted by Crippen LogP contribution is -2.14. The maximum absolute atomic E-state index is 11.5. The van der Waals surface area contributed by atoms with E-state index >= 15 is 0 Å². The van der Waals surface area contributed by atoms with Crippen LogP contribution in [0.2, 0.25) is 0 Å². The number of hydrogen-bond acceptors (Lipinski definition) is 3. The smallest absolute Gasteiger partial charge is 0.146 e. The van der Waals surface area contributed by atoms with E-state index in [1.807, 2.05) is 24.4 Å². The van der Waals surface area contributed by atoms with Gasteiger partial charge in [-0.2, -0.15) is 11.8 Å². The second-order valence-electron chi connectivity index (χ2n) is 4.07. The zero-order chi connectivity index (χ0) is 10.7. The number of nitrogens with zero attached hydrogens (tertiary/aromatic N) is 1. The highest BCUT2D eigenvalue weighted by atomic mass is 32.2. The molecule has 3 heteroatoms. The molecule has 0 saturated carbocycles. The normalized spacial score (nSPS) is 23.0. The van der Waals surface area contributed by atoms with E-state index in [1.54, 1.807) is 11.8 Å². The summed E-state index contributed by atoms with van der Waals surface area (Å²) in [5.41, 5.74) is 1.10. The second-order valence-corrected chi connectivity index (χ2v) is 5.10. The number of aromatic nitrogens is 1. The van der Waals surface area contributed by atoms with Gasteiger partial charge in [-0.15, -0.1) is 0 Å². The number of ketones is 1. The van der Waals surface area contributed by atoms with Gasteiger partial charge in [0.2, 0.25) is 0 Å². The quantitative estimate of drug-likeness (QED) is 0.785. The maximum Gasteiger partial charge on any atom is 0.146 e. The fourth-order valence-corrected chi connectivity index (χ4v) is 3.09. The summed E-state index contributed by atoms with van der Waals surface area (Å²) < 4.78 is 0. The SMILES string of the molecule is CC(CC1CSCC1=O)c1ccccn1. The van der Waals surface area contributed by atoms with E-state index in [1.165, 1.54) is 0 Å². The summed E-state index contributed by atoms with van der Waals surface area (Å²) in [4.78, 5) is 15.8. The first kappa shape index (κ1) is 10.7. The number of rotatable bonds is 3. The Morgan fingerprint density at radius 1 is 1.60 bits per heavy atom. The molecule has 0 amide bonds. The second kappa shape index (κ2) is 4.79. The molecule has 80 valence electrons. The van der Waals surface area contributed by atoms with Crippen molar-refractivity contribution >= 4 is 17.5 Å². The molecule has 0 aromatic carbocycles. The van der Waals surface area contributed by atoms with Gasteiger partial charge in [-0.05, 0) is 24.5 Å². The van der Waals surface area contributed by atoms with Gasteiger partial charge in [0.1, 0.15) is 5.78 Å². The fraction of sp³-hybridized carbons (Fsp3) is 0.500. The Morgan fingerprint density at radius 3 is 3.07 bits per heavy atom. The number of thioether (sulfide) groups is 1. The number of carbonyl (C=O) groups is 1. The van der Waals surface area contributed by atoms with Crippen LogP contribution in [0.1, 0.15) is 25.0 Å². The summed E-state index contributed by atoms with van der Waals surface area (Å²) in [5.74, 6) is 2.77. The minimum absolute atomic E-state index is 0.256. The summed E-state index contributed by atoms with van der Waals surface area (Å²) in [5, 5.41) is 0. The van der Waals surface area contributed by atoms with E-state index in [0.717, 1.165) is 17.9 Å². The molecule has 0 aliphatic carbocycles. The van der Waals surface area contributed by atoms with Gasteiger partial charge in [0, 0.05) is 23.6 Å². The molecule has 2 rings (SSSR count). The topological polar surface area (TPSA) is 30.0 Å². The standard InChI is InChI=1S/C12H15NOS/c1-9(11-4-2-3-5-13-11)6-10-7-15-8-12(10)14/h2-5,9-10H,6-8H2,1H3. The summed E-state index contributed by atoms with van der Waals surface area (Å²) in [6.45, 7) is 2.15. The van der Waals surface area contributed by atoms with Gasteiger partial charge in [-0.1, -0.05) is 13.0 Å². The van der Waals surface area contributed by atoms with Crippen LogP contribution in [-0.4, -0.2) is 22.3 Å². The first-order valence-electron chi connectivity index (χ1n) is 5.28. The van der Waals surface area contributed by atoms with Gasteiger partial charge in [-0.3, -0.25) is 9.78 Å². The summed E-state index contributed by atoms with van der Waals surface area (Å²) in [7, 11) is 0. The summed E-state index contributed by atoms with van der Waals surface area (Å²) in [6, 6.07) is 5.97. The van der Waals surface area contributed by atoms with Crippen molar-refractivity contribution in [3.63, 3.8) is 0 Å². The van der Waals surface area contributed by atoms with Gasteiger partial charge in [0.05, 0.1) is 5.75 Å². The van der Waals surface area contributed by atoms with Gasteiger partial charge in [0.15, 0.2) is 0 Å². The summed E-state index contributed by atoms with van der Waals surface area (Å²) >= 11 is 1.76. The minimum Gasteiger partial charge on any atom is -0.298 e. The van der Waals surface area contributed by atoms with E-state index in [9.17, 15) is 4.79 Å². The number of Topliss-reactive ketones (excluding diaryl/α,β-unsaturated/α-hetero) is 1. The predicted octanol–water partition coefficient (Wildman–Crippen LogP) is 2.51. The van der Waals surface area contributed by atoms with Crippen LogP contribution in [0.15, 0.2) is 24.4 Å². The summed E-state index contributed by atoms with van der Waals surface area (Å²) in [6.07, 6.45) is 2.76. The lowest BCUT2D eigenvalue weighted by atomic mass is 9.92. The average Bonchev–Trinajstić information content (AvgIpc) is 2.66. The van der Waals surface area contributed by atoms with E-state index in [0.29, 0.717) is 17.5 Å². The van der Waals surface area contributed by atoms with Crippen molar-refractivity contribution in [1.82, 2.24) is 4.98 Å². The van der Waals surface area contributed by atoms with Crippen LogP contribution in [0.3, 0.4) is 0 Å². The molecule has 15 heavy (non-hydrogen) atoms. The van der Waals surface area contributed by atoms with Crippen molar-refractivity contribution in [2.24, 2.45) is 5.92 Å². The van der Waals surface area contributed by atoms with Crippen LogP contribution in [0.5, 0.6) is 0 Å². The van der Waals surface area contributed by atoms with E-state index in [2.05, 4.69) is 11.9 Å². The molecule has 1 aliphatic heterocycles. The third kappa shape index (κ3) is 2.59. The van der Waals surface area contributed by atoms with Crippen molar-refractivity contribution in [1.29, 1.82) is 0 Å². The Morgan fingerprint density at radius 2 is 2.47 bits per heavy atom. The van der Waals surface area contributed by atoms with Crippen LogP contribution >= 0.6 is 11.8 Å². The number of hydrogen-bond donors (Lipinski definition) is 0. The van der Waals surface area contributed by atoms with Crippen molar-refractivity contribution in [2.75, 3.05) is 11.5 Å². The molecule has 2 atom stereocenters. The molecule has 2 unspecified atom stereocenters. The molecular weight excluding hydrogens is 206 g/mol. The Balaban J connectivity index is 1.98. The Kier molecular flexibility index (Phi) is 3.41. The first-order chi connectivity index (χ1) is 7.27. The van der Waals surface area contributed by atoms with Gasteiger partial charge in [0.25, 0.3) is 0 Å². The van der Waals surface area contributed by atoms with Crippen LogP contribution in [0.4, 0.5) is 0 Å². The maximum atomic E-state index is 11.5. The van der Waals surface area contributed by atoms with Crippen molar-refractivity contribution < 1.29 is 4.79 Å². The molecule has 0 bridgehead atoms. The van der Waals surface area contributed by atoms with Crippen LogP contribution in [0, 0.1) is 5.92 Å². The van der Waals surface area contributed by atoms with Crippen LogP contribution < -0.4 is 0 Å². The zero-order valence-corrected chi connectivity index (χ0v) is 9.67. The molecule has 0 N–H and O–H groups in total. The molecule has 1 aromatic heterocycles. The molecule has 2 heterocycles. The zero-order valence-electron chi connectivity index (χ0n) is 8.85. The van der Waals surface area contributed by atoms with Crippen molar-refractivity contribution in [3.8, 4) is 0 Å². The van der Waals surface area contributed by atoms with Crippen molar-refractivity contribution in [3.05, 3.63) is 30.1 Å². The van der Waals surface area contributed by atoms with E-state index in [4.69, 9.17) is 0 Å². The highest BCUT2D eigenvalue weighted by Crippen LogP contribution is 2.29. The predicted molar refractivity (Wildman–Crippen MR) is 63.1 cm³/mol. The molecule has 1 aromatic rings. The fourth-order valence-electron chi connectivity index (χ4n) is 1.93. The molecule has 0 spiro atoms. The van der Waals surface area contributed by atoms with Gasteiger partial charge in [-0.25, -0.2) is 0 Å². The third-order valence-electron chi connectivity index (χ3n) is 2.85. The van der Waals surface area contributed by atoms with Gasteiger partial charge < -0.3 is 0 Å².